The lowest BCUT2D eigenvalue weighted by molar-refractivity contribution is 0.157. The van der Waals surface area contributed by atoms with E-state index in [9.17, 15) is 0 Å². The molecule has 0 unspecified atom stereocenters. The number of guanidine groups is 1. The van der Waals surface area contributed by atoms with Crippen molar-refractivity contribution in [3.8, 4) is 0 Å². The van der Waals surface area contributed by atoms with Gasteiger partial charge >= 0.3 is 0 Å². The maximum Gasteiger partial charge on any atom is 0.191 e. The zero-order valence-electron chi connectivity index (χ0n) is 11.9. The van der Waals surface area contributed by atoms with Crippen molar-refractivity contribution in [3.63, 3.8) is 0 Å². The maximum atomic E-state index is 4.56. The molecule has 1 rings (SSSR count). The molecule has 18 heavy (non-hydrogen) atoms. The first-order valence-electron chi connectivity index (χ1n) is 6.69. The first-order valence-corrected chi connectivity index (χ1v) is 6.69. The van der Waals surface area contributed by atoms with Crippen molar-refractivity contribution in [1.29, 1.82) is 0 Å². The summed E-state index contributed by atoms with van der Waals surface area (Å²) in [5.41, 5.74) is 0. The van der Waals surface area contributed by atoms with Gasteiger partial charge in [-0.2, -0.15) is 0 Å². The molecule has 0 amide bonds. The van der Waals surface area contributed by atoms with E-state index in [0.29, 0.717) is 0 Å². The Morgan fingerprint density at radius 2 is 1.61 bits per heavy atom. The standard InChI is InChI=1S/C12H27N5.HI/c1-4-13-12(14-5-2)15-6-7-17-10-8-16(3)9-11-17;/h4-11H2,1-3H3,(H2,13,14,15);1H. The topological polar surface area (TPSA) is 42.9 Å². The molecular weight excluding hydrogens is 341 g/mol. The Balaban J connectivity index is 0.00000289. The first-order chi connectivity index (χ1) is 8.26. The van der Waals surface area contributed by atoms with Crippen LogP contribution in [0, 0.1) is 0 Å². The Bertz CT molecular complexity index is 219. The van der Waals surface area contributed by atoms with Crippen LogP contribution in [0.5, 0.6) is 0 Å². The van der Waals surface area contributed by atoms with Gasteiger partial charge in [0.1, 0.15) is 0 Å². The Morgan fingerprint density at radius 1 is 1.06 bits per heavy atom. The van der Waals surface area contributed by atoms with Crippen LogP contribution in [0.2, 0.25) is 0 Å². The Kier molecular flexibility index (Phi) is 10.8. The van der Waals surface area contributed by atoms with Gasteiger partial charge in [0, 0.05) is 45.8 Å². The summed E-state index contributed by atoms with van der Waals surface area (Å²) in [5, 5.41) is 6.48. The van der Waals surface area contributed by atoms with Crippen LogP contribution in [0.15, 0.2) is 4.99 Å². The summed E-state index contributed by atoms with van der Waals surface area (Å²) in [5.74, 6) is 0.934. The lowest BCUT2D eigenvalue weighted by Gasteiger charge is -2.31. The van der Waals surface area contributed by atoms with E-state index in [1.54, 1.807) is 0 Å². The number of aliphatic imine (C=N–C) groups is 1. The monoisotopic (exact) mass is 369 g/mol. The van der Waals surface area contributed by atoms with E-state index in [1.807, 2.05) is 0 Å². The molecule has 108 valence electrons. The van der Waals surface area contributed by atoms with E-state index in [0.717, 1.165) is 32.1 Å². The number of nitrogens with zero attached hydrogens (tertiary/aromatic N) is 3. The molecule has 5 nitrogen and oxygen atoms in total. The second-order valence-corrected chi connectivity index (χ2v) is 4.44. The van der Waals surface area contributed by atoms with Crippen LogP contribution in [0.1, 0.15) is 13.8 Å². The van der Waals surface area contributed by atoms with Gasteiger partial charge < -0.3 is 15.5 Å². The fourth-order valence-electron chi connectivity index (χ4n) is 1.88. The average molecular weight is 369 g/mol. The molecule has 1 fully saturated rings. The minimum atomic E-state index is 0. The molecule has 1 aliphatic heterocycles. The van der Waals surface area contributed by atoms with Crippen LogP contribution in [-0.2, 0) is 0 Å². The summed E-state index contributed by atoms with van der Waals surface area (Å²) in [6.07, 6.45) is 0. The molecule has 0 spiro atoms. The Hall–Kier alpha value is -0.0800. The quantitative estimate of drug-likeness (QED) is 0.419. The summed E-state index contributed by atoms with van der Waals surface area (Å²) in [6, 6.07) is 0. The third kappa shape index (κ3) is 7.38. The zero-order chi connectivity index (χ0) is 12.5. The number of hydrogen-bond acceptors (Lipinski definition) is 3. The molecule has 0 radical (unpaired) electrons. The van der Waals surface area contributed by atoms with Crippen LogP contribution in [0.4, 0.5) is 0 Å². The van der Waals surface area contributed by atoms with Gasteiger partial charge in [0.05, 0.1) is 6.54 Å². The summed E-state index contributed by atoms with van der Waals surface area (Å²) in [7, 11) is 2.18. The summed E-state index contributed by atoms with van der Waals surface area (Å²) in [4.78, 5) is 9.42. The Morgan fingerprint density at radius 3 is 2.11 bits per heavy atom. The van der Waals surface area contributed by atoms with Crippen molar-refractivity contribution in [3.05, 3.63) is 0 Å². The van der Waals surface area contributed by atoms with Crippen molar-refractivity contribution in [2.75, 3.05) is 59.4 Å². The van der Waals surface area contributed by atoms with Gasteiger partial charge in [-0.15, -0.1) is 24.0 Å². The molecule has 1 saturated heterocycles. The summed E-state index contributed by atoms with van der Waals surface area (Å²) in [6.45, 7) is 12.6. The van der Waals surface area contributed by atoms with Gasteiger partial charge in [0.25, 0.3) is 0 Å². The lowest BCUT2D eigenvalue weighted by atomic mass is 10.3. The normalized spacial score (nSPS) is 16.8. The smallest absolute Gasteiger partial charge is 0.191 e. The van der Waals surface area contributed by atoms with Gasteiger partial charge in [-0.3, -0.25) is 9.89 Å². The lowest BCUT2D eigenvalue weighted by Crippen LogP contribution is -2.45. The minimum Gasteiger partial charge on any atom is -0.357 e. The molecule has 6 heteroatoms. The highest BCUT2D eigenvalue weighted by molar-refractivity contribution is 14.0. The van der Waals surface area contributed by atoms with E-state index < -0.39 is 0 Å². The van der Waals surface area contributed by atoms with Crippen molar-refractivity contribution < 1.29 is 0 Å². The van der Waals surface area contributed by atoms with Gasteiger partial charge in [0.2, 0.25) is 0 Å². The molecule has 0 aromatic carbocycles. The molecule has 1 aliphatic rings. The molecule has 2 N–H and O–H groups in total. The van der Waals surface area contributed by atoms with E-state index in [2.05, 4.69) is 46.3 Å². The van der Waals surface area contributed by atoms with Crippen molar-refractivity contribution in [2.24, 2.45) is 4.99 Å². The van der Waals surface area contributed by atoms with Gasteiger partial charge in [0.15, 0.2) is 5.96 Å². The number of hydrogen-bond donors (Lipinski definition) is 2. The molecule has 0 saturated carbocycles. The van der Waals surface area contributed by atoms with E-state index >= 15 is 0 Å². The van der Waals surface area contributed by atoms with Crippen molar-refractivity contribution >= 4 is 29.9 Å². The largest absolute Gasteiger partial charge is 0.357 e. The summed E-state index contributed by atoms with van der Waals surface area (Å²) >= 11 is 0. The number of likely N-dealkylation sites (N-methyl/N-ethyl adjacent to an activating group) is 1. The highest BCUT2D eigenvalue weighted by Crippen LogP contribution is 1.97. The van der Waals surface area contributed by atoms with Crippen LogP contribution >= 0.6 is 24.0 Å². The molecule has 0 atom stereocenters. The molecule has 0 aromatic heterocycles. The van der Waals surface area contributed by atoms with Crippen molar-refractivity contribution in [2.45, 2.75) is 13.8 Å². The zero-order valence-corrected chi connectivity index (χ0v) is 14.2. The number of nitrogens with one attached hydrogen (secondary N) is 2. The number of piperazine rings is 1. The van der Waals surface area contributed by atoms with Crippen LogP contribution in [0.25, 0.3) is 0 Å². The average Bonchev–Trinajstić information content (AvgIpc) is 2.32. The fraction of sp³-hybridized carbons (Fsp3) is 0.917. The predicted molar refractivity (Wildman–Crippen MR) is 89.0 cm³/mol. The van der Waals surface area contributed by atoms with Gasteiger partial charge in [-0.1, -0.05) is 0 Å². The SMILES string of the molecule is CCNC(=NCCN1CCN(C)CC1)NCC.I. The summed E-state index contributed by atoms with van der Waals surface area (Å²) < 4.78 is 0. The fourth-order valence-corrected chi connectivity index (χ4v) is 1.88. The number of rotatable bonds is 5. The third-order valence-electron chi connectivity index (χ3n) is 2.97. The highest BCUT2D eigenvalue weighted by Gasteiger charge is 2.12. The molecule has 0 bridgehead atoms. The number of halogens is 1. The third-order valence-corrected chi connectivity index (χ3v) is 2.97. The highest BCUT2D eigenvalue weighted by atomic mass is 127. The van der Waals surface area contributed by atoms with E-state index in [4.69, 9.17) is 0 Å². The minimum absolute atomic E-state index is 0. The van der Waals surface area contributed by atoms with Crippen LogP contribution < -0.4 is 10.6 Å². The van der Waals surface area contributed by atoms with Crippen LogP contribution in [0.3, 0.4) is 0 Å². The maximum absolute atomic E-state index is 4.56. The predicted octanol–water partition coefficient (Wildman–Crippen LogP) is 0.427. The van der Waals surface area contributed by atoms with Gasteiger partial charge in [-0.05, 0) is 20.9 Å². The van der Waals surface area contributed by atoms with Crippen molar-refractivity contribution in [1.82, 2.24) is 20.4 Å². The second-order valence-electron chi connectivity index (χ2n) is 4.44. The first kappa shape index (κ1) is 17.9. The van der Waals surface area contributed by atoms with E-state index in [-0.39, 0.29) is 24.0 Å². The van der Waals surface area contributed by atoms with Gasteiger partial charge in [-0.25, -0.2) is 0 Å². The second kappa shape index (κ2) is 10.8. The Labute approximate surface area is 128 Å². The molecule has 0 aromatic rings. The molecule has 0 aliphatic carbocycles. The molecule has 1 heterocycles. The van der Waals surface area contributed by atoms with Crippen LogP contribution in [-0.4, -0.2) is 75.2 Å². The van der Waals surface area contributed by atoms with E-state index in [1.165, 1.54) is 26.2 Å². The molecular formula is C12H28IN5.